The van der Waals surface area contributed by atoms with E-state index in [-0.39, 0.29) is 43.2 Å². The Morgan fingerprint density at radius 2 is 1.19 bits per heavy atom. The second kappa shape index (κ2) is 27.3. The number of nitro groups is 1. The maximum absolute atomic E-state index is 12.3. The maximum atomic E-state index is 12.3. The minimum Gasteiger partial charge on any atom is -0.450 e. The molecule has 0 saturated carbocycles. The lowest BCUT2D eigenvalue weighted by Gasteiger charge is -2.26. The van der Waals surface area contributed by atoms with E-state index in [0.29, 0.717) is 58.7 Å². The molecule has 2 aliphatic heterocycles. The zero-order valence-corrected chi connectivity index (χ0v) is 37.0. The molecule has 3 amide bonds. The van der Waals surface area contributed by atoms with Crippen molar-refractivity contribution in [1.29, 1.82) is 0 Å². The van der Waals surface area contributed by atoms with E-state index in [1.165, 1.54) is 29.2 Å². The summed E-state index contributed by atoms with van der Waals surface area (Å²) in [6, 6.07) is 7.01. The Morgan fingerprint density at radius 3 is 1.58 bits per heavy atom. The van der Waals surface area contributed by atoms with Crippen LogP contribution in [0.15, 0.2) is 48.6 Å². The van der Waals surface area contributed by atoms with Gasteiger partial charge in [-0.15, -0.1) is 0 Å². The Kier molecular flexibility index (Phi) is 25.1. The molecular formula is C39H69N5O11Si2. The summed E-state index contributed by atoms with van der Waals surface area (Å²) in [7, 11) is 4.58. The molecule has 0 fully saturated rings. The summed E-state index contributed by atoms with van der Waals surface area (Å²) >= 11 is 0. The molecule has 57 heavy (non-hydrogen) atoms. The second-order valence-corrected chi connectivity index (χ2v) is 27.2. The van der Waals surface area contributed by atoms with Crippen LogP contribution in [0.3, 0.4) is 0 Å². The highest BCUT2D eigenvalue weighted by atomic mass is 28.3. The van der Waals surface area contributed by atoms with E-state index in [4.69, 9.17) is 23.7 Å². The van der Waals surface area contributed by atoms with Gasteiger partial charge in [-0.2, -0.15) is 0 Å². The molecule has 0 bridgehead atoms. The largest absolute Gasteiger partial charge is 0.514 e. The van der Waals surface area contributed by atoms with Gasteiger partial charge in [0.05, 0.1) is 18.1 Å². The summed E-state index contributed by atoms with van der Waals surface area (Å²) in [5.41, 5.74) is -0.101. The van der Waals surface area contributed by atoms with Gasteiger partial charge in [0.1, 0.15) is 18.0 Å². The first-order valence-corrected chi connectivity index (χ1v) is 26.4. The van der Waals surface area contributed by atoms with E-state index >= 15 is 0 Å². The molecule has 3 rings (SSSR count). The zero-order valence-electron chi connectivity index (χ0n) is 35.0. The van der Waals surface area contributed by atoms with E-state index in [1.807, 2.05) is 32.3 Å². The highest BCUT2D eigenvalue weighted by Gasteiger charge is 2.24. The van der Waals surface area contributed by atoms with Crippen LogP contribution in [0.1, 0.15) is 33.1 Å². The molecule has 16 nitrogen and oxygen atoms in total. The molecule has 0 aromatic heterocycles. The van der Waals surface area contributed by atoms with Crippen molar-refractivity contribution < 1.29 is 47.8 Å². The molecule has 2 atom stereocenters. The van der Waals surface area contributed by atoms with Gasteiger partial charge in [-0.3, -0.25) is 10.1 Å². The normalized spacial score (nSPS) is 17.9. The molecule has 0 saturated heterocycles. The van der Waals surface area contributed by atoms with Crippen LogP contribution in [0, 0.1) is 10.1 Å². The summed E-state index contributed by atoms with van der Waals surface area (Å²) in [6.07, 6.45) is 7.07. The monoisotopic (exact) mass is 839 g/mol. The van der Waals surface area contributed by atoms with Crippen molar-refractivity contribution in [3.8, 4) is 5.75 Å². The van der Waals surface area contributed by atoms with Crippen molar-refractivity contribution in [2.45, 2.75) is 96.7 Å². The zero-order chi connectivity index (χ0) is 42.3. The van der Waals surface area contributed by atoms with Crippen LogP contribution in [0.5, 0.6) is 5.75 Å². The number of amides is 3. The third-order valence-corrected chi connectivity index (χ3v) is 11.4. The van der Waals surface area contributed by atoms with Gasteiger partial charge in [-0.25, -0.2) is 19.2 Å². The number of nitrogens with one attached hydrogen (secondary N) is 1. The molecule has 324 valence electrons. The summed E-state index contributed by atoms with van der Waals surface area (Å²) in [5.74, 6) is 0.146. The number of ether oxygens (including phenoxy) is 5. The van der Waals surface area contributed by atoms with Gasteiger partial charge in [0.2, 0.25) is 0 Å². The van der Waals surface area contributed by atoms with Gasteiger partial charge in [0.15, 0.2) is 0 Å². The van der Waals surface area contributed by atoms with Crippen molar-refractivity contribution in [3.05, 3.63) is 58.7 Å². The van der Waals surface area contributed by atoms with Crippen molar-refractivity contribution in [2.75, 3.05) is 67.6 Å². The topological polar surface area (TPSA) is 179 Å². The van der Waals surface area contributed by atoms with Gasteiger partial charge in [-0.05, 0) is 63.3 Å². The van der Waals surface area contributed by atoms with Crippen molar-refractivity contribution in [1.82, 2.24) is 20.0 Å². The molecule has 2 heterocycles. The fourth-order valence-electron chi connectivity index (χ4n) is 4.69. The standard InChI is InChI=1S/C20H28N2O7Si.C16H30N2O4Si.C2H7N.CH4/c1-30(2,3)15-14-27-19(23)21-12-5-4-6-17(11-13-21)28-20(24)29-18-9-7-16(8-10-18)22(25)26;1-17(2)15(19)22-14-8-6-7-10-18(11-9-14)16(20)21-12-13-23(3,4)5;1-3-2;/h4,6-10,17H,5,11-15H2,1-3H3;6,8,14H,7,9-13H2,1-5H3;3H,1-2H3;1H4/b6-4+;8-6+;;/t17-;14-;;/m11../s1. The van der Waals surface area contributed by atoms with E-state index in [2.05, 4.69) is 44.6 Å². The summed E-state index contributed by atoms with van der Waals surface area (Å²) < 4.78 is 26.5. The van der Waals surface area contributed by atoms with Crippen LogP contribution in [-0.4, -0.2) is 140 Å². The van der Waals surface area contributed by atoms with E-state index in [9.17, 15) is 29.3 Å². The lowest BCUT2D eigenvalue weighted by Crippen LogP contribution is -2.37. The van der Waals surface area contributed by atoms with Crippen LogP contribution >= 0.6 is 0 Å². The molecule has 0 radical (unpaired) electrons. The smallest absolute Gasteiger partial charge is 0.450 e. The van der Waals surface area contributed by atoms with Gasteiger partial charge < -0.3 is 43.7 Å². The number of nitrogens with zero attached hydrogens (tertiary/aromatic N) is 4. The third kappa shape index (κ3) is 24.7. The maximum Gasteiger partial charge on any atom is 0.514 e. The lowest BCUT2D eigenvalue weighted by atomic mass is 10.1. The third-order valence-electron chi connectivity index (χ3n) is 7.99. The van der Waals surface area contributed by atoms with Gasteiger partial charge in [0.25, 0.3) is 5.69 Å². The molecule has 1 N–H and O–H groups in total. The molecule has 0 spiro atoms. The Hall–Kier alpha value is -4.43. The number of nitro benzene ring substituents is 1. The van der Waals surface area contributed by atoms with Crippen LogP contribution in [0.2, 0.25) is 51.4 Å². The fourth-order valence-corrected chi connectivity index (χ4v) is 6.12. The van der Waals surface area contributed by atoms with Crippen molar-refractivity contribution in [3.63, 3.8) is 0 Å². The van der Waals surface area contributed by atoms with E-state index < -0.39 is 33.3 Å². The average molecular weight is 840 g/mol. The Morgan fingerprint density at radius 1 is 0.772 bits per heavy atom. The Labute approximate surface area is 342 Å². The van der Waals surface area contributed by atoms with Crippen LogP contribution < -0.4 is 10.1 Å². The highest BCUT2D eigenvalue weighted by Crippen LogP contribution is 2.19. The van der Waals surface area contributed by atoms with E-state index in [0.717, 1.165) is 18.5 Å². The predicted octanol–water partition coefficient (Wildman–Crippen LogP) is 8.26. The molecule has 0 aliphatic carbocycles. The van der Waals surface area contributed by atoms with Crippen LogP contribution in [0.25, 0.3) is 0 Å². The quantitative estimate of drug-likeness (QED) is 0.0454. The average Bonchev–Trinajstić information content (AvgIpc) is 3.07. The van der Waals surface area contributed by atoms with Gasteiger partial charge >= 0.3 is 24.4 Å². The van der Waals surface area contributed by atoms with Crippen molar-refractivity contribution >= 4 is 46.3 Å². The first-order chi connectivity index (χ1) is 26.2. The fraction of sp³-hybridized carbons (Fsp3) is 0.641. The minimum absolute atomic E-state index is 0. The highest BCUT2D eigenvalue weighted by molar-refractivity contribution is 6.76. The summed E-state index contributed by atoms with van der Waals surface area (Å²) in [5, 5.41) is 13.4. The first-order valence-electron chi connectivity index (χ1n) is 19.0. The number of benzene rings is 1. The molecule has 2 aliphatic rings. The number of hydrogen-bond donors (Lipinski definition) is 1. The number of non-ortho nitro benzene ring substituents is 1. The SMILES string of the molecule is C.CN(C)C(=O)O[C@@H]1/C=C/CCN(C(=O)OCC[Si](C)(C)C)CC1.CNC.C[Si](C)(C)CCOC(=O)N1CC/C=C/[C@@H](OC(=O)Oc2ccc([N+](=O)[O-])cc2)CC1. The number of carbonyl (C=O) groups is 4. The van der Waals surface area contributed by atoms with Crippen LogP contribution in [0.4, 0.5) is 24.9 Å². The summed E-state index contributed by atoms with van der Waals surface area (Å²) in [4.78, 5) is 63.0. The summed E-state index contributed by atoms with van der Waals surface area (Å²) in [6.45, 7) is 16.4. The number of carbonyl (C=O) groups excluding carboxylic acids is 4. The number of hydrogen-bond acceptors (Lipinski definition) is 12. The molecular weight excluding hydrogens is 771 g/mol. The second-order valence-electron chi connectivity index (χ2n) is 15.9. The number of rotatable bonds is 10. The predicted molar refractivity (Wildman–Crippen MR) is 229 cm³/mol. The Bertz CT molecular complexity index is 1430. The molecule has 1 aromatic rings. The minimum atomic E-state index is -1.27. The first kappa shape index (κ1) is 52.6. The van der Waals surface area contributed by atoms with Gasteiger partial charge in [0, 0.05) is 81.4 Å². The van der Waals surface area contributed by atoms with Crippen LogP contribution in [-0.2, 0) is 18.9 Å². The van der Waals surface area contributed by atoms with Gasteiger partial charge in [-0.1, -0.05) is 58.9 Å². The molecule has 0 unspecified atom stereocenters. The lowest BCUT2D eigenvalue weighted by molar-refractivity contribution is -0.384. The van der Waals surface area contributed by atoms with Crippen molar-refractivity contribution in [2.24, 2.45) is 0 Å². The molecule has 1 aromatic carbocycles. The molecule has 18 heteroatoms. The van der Waals surface area contributed by atoms with E-state index in [1.54, 1.807) is 30.0 Å². The Balaban J connectivity index is 0.00000104.